The Balaban J connectivity index is 1.56. The fourth-order valence-electron chi connectivity index (χ4n) is 3.77. The van der Waals surface area contributed by atoms with Crippen LogP contribution >= 0.6 is 11.6 Å². The predicted molar refractivity (Wildman–Crippen MR) is 119 cm³/mol. The van der Waals surface area contributed by atoms with Crippen LogP contribution in [0.15, 0.2) is 54.5 Å². The second kappa shape index (κ2) is 8.94. The van der Waals surface area contributed by atoms with Crippen molar-refractivity contribution in [1.29, 1.82) is 0 Å². The van der Waals surface area contributed by atoms with Gasteiger partial charge in [-0.15, -0.1) is 0 Å². The zero-order valence-electron chi connectivity index (χ0n) is 17.4. The highest BCUT2D eigenvalue weighted by molar-refractivity contribution is 6.30. The number of hydrogen-bond donors (Lipinski definition) is 0. The molecule has 2 heterocycles. The monoisotopic (exact) mass is 439 g/mol. The van der Waals surface area contributed by atoms with Crippen molar-refractivity contribution in [2.75, 3.05) is 13.7 Å². The summed E-state index contributed by atoms with van der Waals surface area (Å²) in [6.45, 7) is 2.99. The number of imidazole rings is 1. The van der Waals surface area contributed by atoms with Gasteiger partial charge in [-0.25, -0.2) is 9.37 Å². The maximum absolute atomic E-state index is 13.4. The average molecular weight is 440 g/mol. The summed E-state index contributed by atoms with van der Waals surface area (Å²) in [5.41, 5.74) is 4.25. The summed E-state index contributed by atoms with van der Waals surface area (Å²) >= 11 is 5.88. The van der Waals surface area contributed by atoms with Gasteiger partial charge in [0.25, 0.3) is 0 Å². The Morgan fingerprint density at radius 3 is 2.81 bits per heavy atom. The van der Waals surface area contributed by atoms with E-state index in [1.807, 2.05) is 42.0 Å². The molecule has 7 heteroatoms. The smallest absolute Gasteiger partial charge is 0.250 e. The first-order chi connectivity index (χ1) is 14.9. The minimum absolute atomic E-state index is 0.0139. The number of amides is 1. The summed E-state index contributed by atoms with van der Waals surface area (Å²) in [5, 5.41) is 0.0676. The molecule has 0 radical (unpaired) electrons. The molecule has 0 unspecified atom stereocenters. The molecule has 1 amide bonds. The number of piperidine rings is 1. The molecule has 160 valence electrons. The van der Waals surface area contributed by atoms with E-state index in [2.05, 4.69) is 4.98 Å². The topological polar surface area (TPSA) is 47.4 Å². The van der Waals surface area contributed by atoms with Crippen molar-refractivity contribution in [3.8, 4) is 11.4 Å². The van der Waals surface area contributed by atoms with Crippen LogP contribution in [-0.4, -0.2) is 34.0 Å². The number of aryl methyl sites for hydroxylation is 1. The summed E-state index contributed by atoms with van der Waals surface area (Å²) in [6, 6.07) is 10.4. The number of halogens is 2. The van der Waals surface area contributed by atoms with E-state index in [0.717, 1.165) is 34.5 Å². The van der Waals surface area contributed by atoms with Gasteiger partial charge in [0.2, 0.25) is 5.91 Å². The van der Waals surface area contributed by atoms with E-state index in [-0.39, 0.29) is 10.9 Å². The van der Waals surface area contributed by atoms with E-state index in [1.165, 1.54) is 6.07 Å². The quantitative estimate of drug-likeness (QED) is 0.514. The lowest BCUT2D eigenvalue weighted by molar-refractivity contribution is -0.129. The molecular formula is C24H23ClFN3O2. The molecular weight excluding hydrogens is 417 g/mol. The molecule has 2 aromatic carbocycles. The molecule has 1 aliphatic heterocycles. The van der Waals surface area contributed by atoms with E-state index < -0.39 is 5.82 Å². The summed E-state index contributed by atoms with van der Waals surface area (Å²) in [6.07, 6.45) is 7.17. The minimum atomic E-state index is -0.459. The van der Waals surface area contributed by atoms with Gasteiger partial charge in [0.15, 0.2) is 0 Å². The lowest BCUT2D eigenvalue weighted by atomic mass is 10.00. The normalized spacial score (nSPS) is 15.5. The number of methoxy groups -OCH3 is 1. The molecule has 1 aliphatic rings. The van der Waals surface area contributed by atoms with Gasteiger partial charge >= 0.3 is 0 Å². The second-order valence-electron chi connectivity index (χ2n) is 7.60. The highest BCUT2D eigenvalue weighted by Gasteiger charge is 2.23. The molecule has 3 aromatic rings. The van der Waals surface area contributed by atoms with Gasteiger partial charge in [-0.3, -0.25) is 4.79 Å². The largest absolute Gasteiger partial charge is 0.495 e. The third-order valence-corrected chi connectivity index (χ3v) is 5.62. The third kappa shape index (κ3) is 4.64. The van der Waals surface area contributed by atoms with Crippen molar-refractivity contribution >= 4 is 23.6 Å². The van der Waals surface area contributed by atoms with Crippen LogP contribution in [0.5, 0.6) is 5.75 Å². The second-order valence-corrected chi connectivity index (χ2v) is 8.01. The SMILES string of the molecule is COc1cc(/C=C2\CCCN(Cc3ccc(F)c(Cl)c3)C2=O)ccc1-n1cnc(C)c1. The van der Waals surface area contributed by atoms with E-state index in [9.17, 15) is 9.18 Å². The maximum atomic E-state index is 13.4. The van der Waals surface area contributed by atoms with Gasteiger partial charge < -0.3 is 14.2 Å². The lowest BCUT2D eigenvalue weighted by Gasteiger charge is -2.28. The van der Waals surface area contributed by atoms with E-state index in [4.69, 9.17) is 16.3 Å². The van der Waals surface area contributed by atoms with E-state index in [1.54, 1.807) is 30.5 Å². The van der Waals surface area contributed by atoms with E-state index >= 15 is 0 Å². The Kier molecular flexibility index (Phi) is 6.09. The van der Waals surface area contributed by atoms with Crippen molar-refractivity contribution in [3.05, 3.63) is 82.2 Å². The molecule has 0 atom stereocenters. The molecule has 4 rings (SSSR count). The van der Waals surface area contributed by atoms with Crippen molar-refractivity contribution in [2.45, 2.75) is 26.3 Å². The van der Waals surface area contributed by atoms with Gasteiger partial charge in [0.1, 0.15) is 11.6 Å². The third-order valence-electron chi connectivity index (χ3n) is 5.33. The fraction of sp³-hybridized carbons (Fsp3) is 0.250. The first-order valence-electron chi connectivity index (χ1n) is 10.1. The number of ether oxygens (including phenoxy) is 1. The first kappa shape index (κ1) is 21.1. The molecule has 0 spiro atoms. The molecule has 0 aliphatic carbocycles. The standard InChI is InChI=1S/C24H23ClFN3O2/c1-16-13-29(15-27-16)22-8-6-17(12-23(22)31-2)10-19-4-3-9-28(24(19)30)14-18-5-7-21(26)20(25)11-18/h5-8,10-13,15H,3-4,9,14H2,1-2H3/b19-10+. The molecule has 0 saturated carbocycles. The summed E-state index contributed by atoms with van der Waals surface area (Å²) < 4.78 is 20.9. The zero-order chi connectivity index (χ0) is 22.0. The highest BCUT2D eigenvalue weighted by atomic mass is 35.5. The van der Waals surface area contributed by atoms with Crippen LogP contribution in [0.2, 0.25) is 5.02 Å². The fourth-order valence-corrected chi connectivity index (χ4v) is 3.97. The Bertz CT molecular complexity index is 1160. The first-order valence-corrected chi connectivity index (χ1v) is 10.4. The molecule has 1 saturated heterocycles. The predicted octanol–water partition coefficient (Wildman–Crippen LogP) is 5.19. The number of aromatic nitrogens is 2. The Hall–Kier alpha value is -3.12. The van der Waals surface area contributed by atoms with Crippen molar-refractivity contribution < 1.29 is 13.9 Å². The Morgan fingerprint density at radius 2 is 2.10 bits per heavy atom. The van der Waals surface area contributed by atoms with Crippen LogP contribution in [0.1, 0.15) is 29.7 Å². The van der Waals surface area contributed by atoms with Gasteiger partial charge in [-0.05, 0) is 61.2 Å². The molecule has 1 fully saturated rings. The molecule has 5 nitrogen and oxygen atoms in total. The van der Waals surface area contributed by atoms with Gasteiger partial charge in [0, 0.05) is 24.9 Å². The molecule has 31 heavy (non-hydrogen) atoms. The van der Waals surface area contributed by atoms with Crippen LogP contribution in [0.4, 0.5) is 4.39 Å². The summed E-state index contributed by atoms with van der Waals surface area (Å²) in [5.74, 6) is 0.229. The van der Waals surface area contributed by atoms with E-state index in [0.29, 0.717) is 25.3 Å². The van der Waals surface area contributed by atoms with Gasteiger partial charge in [-0.1, -0.05) is 23.7 Å². The van der Waals surface area contributed by atoms with Crippen molar-refractivity contribution in [1.82, 2.24) is 14.5 Å². The van der Waals surface area contributed by atoms with Crippen LogP contribution < -0.4 is 4.74 Å². The number of rotatable bonds is 5. The molecule has 0 N–H and O–H groups in total. The average Bonchev–Trinajstić information content (AvgIpc) is 3.19. The Morgan fingerprint density at radius 1 is 1.26 bits per heavy atom. The Labute approximate surface area is 185 Å². The summed E-state index contributed by atoms with van der Waals surface area (Å²) in [4.78, 5) is 19.1. The van der Waals surface area contributed by atoms with Crippen LogP contribution in [0.25, 0.3) is 11.8 Å². The number of carbonyl (C=O) groups is 1. The summed E-state index contributed by atoms with van der Waals surface area (Å²) in [7, 11) is 1.63. The zero-order valence-corrected chi connectivity index (χ0v) is 18.2. The van der Waals surface area contributed by atoms with Crippen LogP contribution in [0, 0.1) is 12.7 Å². The van der Waals surface area contributed by atoms with Crippen LogP contribution in [0.3, 0.4) is 0 Å². The number of carbonyl (C=O) groups excluding carboxylic acids is 1. The number of benzene rings is 2. The number of hydrogen-bond acceptors (Lipinski definition) is 3. The maximum Gasteiger partial charge on any atom is 0.250 e. The van der Waals surface area contributed by atoms with Crippen molar-refractivity contribution in [3.63, 3.8) is 0 Å². The van der Waals surface area contributed by atoms with Crippen molar-refractivity contribution in [2.24, 2.45) is 0 Å². The highest BCUT2D eigenvalue weighted by Crippen LogP contribution is 2.28. The molecule has 0 bridgehead atoms. The number of nitrogens with zero attached hydrogens (tertiary/aromatic N) is 3. The van der Waals surface area contributed by atoms with Gasteiger partial charge in [0.05, 0.1) is 29.8 Å². The molecule has 1 aromatic heterocycles. The number of likely N-dealkylation sites (tertiary alicyclic amines) is 1. The lowest BCUT2D eigenvalue weighted by Crippen LogP contribution is -2.36. The van der Waals surface area contributed by atoms with Gasteiger partial charge in [-0.2, -0.15) is 0 Å². The minimum Gasteiger partial charge on any atom is -0.495 e. The van der Waals surface area contributed by atoms with Crippen LogP contribution in [-0.2, 0) is 11.3 Å².